The number of halogens is 1. The molecule has 1 heterocycles. The minimum Gasteiger partial charge on any atom is -0.321 e. The van der Waals surface area contributed by atoms with E-state index in [9.17, 15) is 0 Å². The molecule has 0 aliphatic rings. The van der Waals surface area contributed by atoms with Crippen LogP contribution in [0.5, 0.6) is 0 Å². The molecule has 0 saturated carbocycles. The summed E-state index contributed by atoms with van der Waals surface area (Å²) in [6.07, 6.45) is 0. The van der Waals surface area contributed by atoms with Crippen LogP contribution in [0.2, 0.25) is 0 Å². The predicted molar refractivity (Wildman–Crippen MR) is 53.4 cm³/mol. The fourth-order valence-electron chi connectivity index (χ4n) is 0.856. The second-order valence-electron chi connectivity index (χ2n) is 3.24. The first-order chi connectivity index (χ1) is 5.54. The van der Waals surface area contributed by atoms with Crippen LogP contribution in [0.4, 0.5) is 0 Å². The van der Waals surface area contributed by atoms with Crippen molar-refractivity contribution >= 4 is 12.4 Å². The lowest BCUT2D eigenvalue weighted by atomic mass is 10.0. The molecule has 0 fully saturated rings. The molecule has 2 N–H and O–H groups in total. The number of hydrogen-bond acceptors (Lipinski definition) is 3. The summed E-state index contributed by atoms with van der Waals surface area (Å²) >= 11 is 0. The number of nitriles is 1. The number of pyridine rings is 1. The van der Waals surface area contributed by atoms with Gasteiger partial charge in [0.05, 0.1) is 11.2 Å². The molecule has 3 nitrogen and oxygen atoms in total. The summed E-state index contributed by atoms with van der Waals surface area (Å²) in [6, 6.07) is 7.24. The van der Waals surface area contributed by atoms with Gasteiger partial charge in [-0.3, -0.25) is 0 Å². The van der Waals surface area contributed by atoms with Crippen molar-refractivity contribution in [2.45, 2.75) is 19.4 Å². The molecule has 0 aromatic carbocycles. The highest BCUT2D eigenvalue weighted by molar-refractivity contribution is 5.85. The Morgan fingerprint density at radius 1 is 1.46 bits per heavy atom. The van der Waals surface area contributed by atoms with Crippen LogP contribution in [-0.2, 0) is 5.54 Å². The lowest BCUT2D eigenvalue weighted by Gasteiger charge is -2.17. The molecule has 0 aliphatic heterocycles. The first-order valence-corrected chi connectivity index (χ1v) is 3.70. The maximum Gasteiger partial charge on any atom is 0.140 e. The monoisotopic (exact) mass is 197 g/mol. The number of rotatable bonds is 1. The van der Waals surface area contributed by atoms with E-state index in [0.717, 1.165) is 5.69 Å². The van der Waals surface area contributed by atoms with Crippen LogP contribution in [0, 0.1) is 11.3 Å². The minimum atomic E-state index is -0.479. The number of nitrogens with zero attached hydrogens (tertiary/aromatic N) is 2. The summed E-state index contributed by atoms with van der Waals surface area (Å²) < 4.78 is 0. The van der Waals surface area contributed by atoms with E-state index < -0.39 is 5.54 Å². The molecule has 13 heavy (non-hydrogen) atoms. The van der Waals surface area contributed by atoms with Crippen molar-refractivity contribution < 1.29 is 0 Å². The standard InChI is InChI=1S/C9H11N3.ClH/c1-9(2,11)8-5-3-4-7(6-10)12-8;/h3-5H,11H2,1-2H3;1H. The van der Waals surface area contributed by atoms with Crippen LogP contribution < -0.4 is 5.73 Å². The summed E-state index contributed by atoms with van der Waals surface area (Å²) in [7, 11) is 0. The second-order valence-corrected chi connectivity index (χ2v) is 3.24. The van der Waals surface area contributed by atoms with Crippen LogP contribution >= 0.6 is 12.4 Å². The second kappa shape index (κ2) is 4.22. The molecule has 1 aromatic heterocycles. The van der Waals surface area contributed by atoms with Crippen molar-refractivity contribution in [2.24, 2.45) is 5.73 Å². The molecule has 4 heteroatoms. The highest BCUT2D eigenvalue weighted by atomic mass is 35.5. The van der Waals surface area contributed by atoms with Crippen LogP contribution in [0.1, 0.15) is 25.2 Å². The number of nitrogens with two attached hydrogens (primary N) is 1. The van der Waals surface area contributed by atoms with E-state index in [4.69, 9.17) is 11.0 Å². The van der Waals surface area contributed by atoms with E-state index in [1.807, 2.05) is 26.0 Å². The molecule has 0 saturated heterocycles. The van der Waals surface area contributed by atoms with Gasteiger partial charge in [0.2, 0.25) is 0 Å². The van der Waals surface area contributed by atoms with E-state index in [1.165, 1.54) is 0 Å². The SMILES string of the molecule is CC(C)(N)c1cccc(C#N)n1.Cl. The topological polar surface area (TPSA) is 62.7 Å². The molecule has 1 rings (SSSR count). The molecule has 0 atom stereocenters. The molecule has 1 aromatic rings. The van der Waals surface area contributed by atoms with Gasteiger partial charge in [-0.05, 0) is 26.0 Å². The molecule has 0 bridgehead atoms. The summed E-state index contributed by atoms with van der Waals surface area (Å²) in [5.74, 6) is 0. The van der Waals surface area contributed by atoms with E-state index in [0.29, 0.717) is 5.69 Å². The van der Waals surface area contributed by atoms with Gasteiger partial charge in [-0.1, -0.05) is 6.07 Å². The van der Waals surface area contributed by atoms with E-state index in [2.05, 4.69) is 4.98 Å². The maximum atomic E-state index is 8.57. The van der Waals surface area contributed by atoms with Gasteiger partial charge in [-0.15, -0.1) is 12.4 Å². The highest BCUT2D eigenvalue weighted by Crippen LogP contribution is 2.13. The Morgan fingerprint density at radius 2 is 2.08 bits per heavy atom. The summed E-state index contributed by atoms with van der Waals surface area (Å²) in [4.78, 5) is 4.08. The fraction of sp³-hybridized carbons (Fsp3) is 0.333. The Labute approximate surface area is 84.0 Å². The van der Waals surface area contributed by atoms with E-state index >= 15 is 0 Å². The third kappa shape index (κ3) is 3.02. The molecule has 70 valence electrons. The zero-order valence-corrected chi connectivity index (χ0v) is 8.43. The number of aromatic nitrogens is 1. The first kappa shape index (κ1) is 11.9. The Hall–Kier alpha value is -1.11. The first-order valence-electron chi connectivity index (χ1n) is 3.70. The van der Waals surface area contributed by atoms with Crippen molar-refractivity contribution in [3.63, 3.8) is 0 Å². The van der Waals surface area contributed by atoms with Gasteiger partial charge in [-0.25, -0.2) is 4.98 Å². The van der Waals surface area contributed by atoms with Gasteiger partial charge >= 0.3 is 0 Å². The summed E-state index contributed by atoms with van der Waals surface area (Å²) in [6.45, 7) is 3.72. The number of hydrogen-bond donors (Lipinski definition) is 1. The Balaban J connectivity index is 0.00000144. The molecular formula is C9H12ClN3. The zero-order chi connectivity index (χ0) is 9.19. The van der Waals surface area contributed by atoms with Crippen LogP contribution in [0.15, 0.2) is 18.2 Å². The quantitative estimate of drug-likeness (QED) is 0.744. The van der Waals surface area contributed by atoms with E-state index in [-0.39, 0.29) is 12.4 Å². The van der Waals surface area contributed by atoms with Crippen molar-refractivity contribution in [3.8, 4) is 6.07 Å². The van der Waals surface area contributed by atoms with Crippen molar-refractivity contribution in [3.05, 3.63) is 29.6 Å². The molecule has 0 amide bonds. The fourth-order valence-corrected chi connectivity index (χ4v) is 0.856. The third-order valence-electron chi connectivity index (χ3n) is 1.52. The van der Waals surface area contributed by atoms with Crippen molar-refractivity contribution in [1.82, 2.24) is 4.98 Å². The third-order valence-corrected chi connectivity index (χ3v) is 1.52. The molecule has 0 unspecified atom stereocenters. The van der Waals surface area contributed by atoms with Crippen LogP contribution in [-0.4, -0.2) is 4.98 Å². The van der Waals surface area contributed by atoms with E-state index in [1.54, 1.807) is 12.1 Å². The zero-order valence-electron chi connectivity index (χ0n) is 7.61. The minimum absolute atomic E-state index is 0. The maximum absolute atomic E-state index is 8.57. The Kier molecular flexibility index (Phi) is 3.86. The Morgan fingerprint density at radius 3 is 2.54 bits per heavy atom. The van der Waals surface area contributed by atoms with Gasteiger partial charge in [0.15, 0.2) is 0 Å². The Bertz CT molecular complexity index is 322. The summed E-state index contributed by atoms with van der Waals surface area (Å²) in [5.41, 5.74) is 6.48. The van der Waals surface area contributed by atoms with Crippen LogP contribution in [0.3, 0.4) is 0 Å². The predicted octanol–water partition coefficient (Wildman–Crippen LogP) is 1.57. The van der Waals surface area contributed by atoms with Crippen molar-refractivity contribution in [2.75, 3.05) is 0 Å². The largest absolute Gasteiger partial charge is 0.321 e. The molecule has 0 aliphatic carbocycles. The van der Waals surface area contributed by atoms with Gasteiger partial charge in [0, 0.05) is 0 Å². The molecular weight excluding hydrogens is 186 g/mol. The summed E-state index contributed by atoms with van der Waals surface area (Å²) in [5, 5.41) is 8.57. The highest BCUT2D eigenvalue weighted by Gasteiger charge is 2.15. The van der Waals surface area contributed by atoms with Gasteiger partial charge in [0.25, 0.3) is 0 Å². The van der Waals surface area contributed by atoms with Gasteiger partial charge < -0.3 is 5.73 Å². The van der Waals surface area contributed by atoms with Gasteiger partial charge in [-0.2, -0.15) is 5.26 Å². The molecule has 0 spiro atoms. The average molecular weight is 198 g/mol. The van der Waals surface area contributed by atoms with Crippen LogP contribution in [0.25, 0.3) is 0 Å². The lowest BCUT2D eigenvalue weighted by molar-refractivity contribution is 0.534. The smallest absolute Gasteiger partial charge is 0.140 e. The van der Waals surface area contributed by atoms with Gasteiger partial charge in [0.1, 0.15) is 11.8 Å². The van der Waals surface area contributed by atoms with Crippen molar-refractivity contribution in [1.29, 1.82) is 5.26 Å². The lowest BCUT2D eigenvalue weighted by Crippen LogP contribution is -2.29. The average Bonchev–Trinajstić information content (AvgIpc) is 2.03. The normalized spacial score (nSPS) is 10.0. The molecule has 0 radical (unpaired) electrons.